The van der Waals surface area contributed by atoms with Gasteiger partial charge < -0.3 is 0 Å². The van der Waals surface area contributed by atoms with Crippen molar-refractivity contribution in [2.45, 2.75) is 0 Å². The van der Waals surface area contributed by atoms with E-state index in [1.54, 1.807) is 0 Å². The lowest BCUT2D eigenvalue weighted by molar-refractivity contribution is 0.953. The minimum Gasteiger partial charge on any atom is -0.267 e. The number of hydrogen-bond donors (Lipinski definition) is 1. The average Bonchev–Trinajstić information content (AvgIpc) is 2.62. The van der Waals surface area contributed by atoms with Crippen LogP contribution in [0.2, 0.25) is 0 Å². The second kappa shape index (κ2) is 2.84. The van der Waals surface area contributed by atoms with Crippen molar-refractivity contribution >= 4 is 21.9 Å². The van der Waals surface area contributed by atoms with E-state index >= 15 is 0 Å². The molecular weight excluding hydrogens is 192 g/mol. The quantitative estimate of drug-likeness (QED) is 0.581. The van der Waals surface area contributed by atoms with E-state index in [0.29, 0.717) is 11.2 Å². The van der Waals surface area contributed by atoms with E-state index in [2.05, 4.69) is 20.4 Å². The second-order valence-corrected chi connectivity index (χ2v) is 3.19. The van der Waals surface area contributed by atoms with Gasteiger partial charge in [0, 0.05) is 11.5 Å². The molecule has 0 aliphatic heterocycles. The lowest BCUT2D eigenvalue weighted by Crippen LogP contribution is -1.98. The highest BCUT2D eigenvalue weighted by Gasteiger charge is 2.03. The summed E-state index contributed by atoms with van der Waals surface area (Å²) in [4.78, 5) is 15.2. The summed E-state index contributed by atoms with van der Waals surface area (Å²) in [5.41, 5.74) is 0.726. The maximum Gasteiger partial charge on any atom is 0.272 e. The van der Waals surface area contributed by atoms with Crippen molar-refractivity contribution in [1.29, 1.82) is 0 Å². The van der Waals surface area contributed by atoms with Gasteiger partial charge in [-0.1, -0.05) is 29.5 Å². The summed E-state index contributed by atoms with van der Waals surface area (Å²) in [6.07, 6.45) is 0. The van der Waals surface area contributed by atoms with Gasteiger partial charge >= 0.3 is 0 Å². The molecule has 0 aliphatic rings. The van der Waals surface area contributed by atoms with Crippen LogP contribution in [0, 0.1) is 0 Å². The number of rotatable bonds is 0. The number of H-pyrrole nitrogens is 1. The van der Waals surface area contributed by atoms with Gasteiger partial charge in [-0.05, 0) is 5.39 Å². The van der Waals surface area contributed by atoms with E-state index in [4.69, 9.17) is 0 Å². The predicted octanol–water partition coefficient (Wildman–Crippen LogP) is 0.866. The molecule has 0 saturated heterocycles. The van der Waals surface area contributed by atoms with Crippen LogP contribution in [0.3, 0.4) is 0 Å². The van der Waals surface area contributed by atoms with Crippen molar-refractivity contribution in [1.82, 2.24) is 20.4 Å². The van der Waals surface area contributed by atoms with E-state index in [9.17, 15) is 4.79 Å². The second-order valence-electron chi connectivity index (χ2n) is 3.19. The van der Waals surface area contributed by atoms with Crippen LogP contribution < -0.4 is 5.56 Å². The molecule has 5 nitrogen and oxygen atoms in total. The first-order valence-corrected chi connectivity index (χ1v) is 4.45. The molecule has 0 bridgehead atoms. The van der Waals surface area contributed by atoms with Crippen LogP contribution in [0.1, 0.15) is 0 Å². The Hall–Kier alpha value is -2.30. The maximum atomic E-state index is 11.4. The molecule has 5 heteroatoms. The monoisotopic (exact) mass is 198 g/mol. The Labute approximate surface area is 83.8 Å². The summed E-state index contributed by atoms with van der Waals surface area (Å²) in [5.74, 6) is 0. The maximum absolute atomic E-state index is 11.4. The molecule has 0 atom stereocenters. The summed E-state index contributed by atoms with van der Waals surface area (Å²) < 4.78 is 0. The highest BCUT2D eigenvalue weighted by atomic mass is 16.1. The Morgan fingerprint density at radius 3 is 3.00 bits per heavy atom. The van der Waals surface area contributed by atoms with Gasteiger partial charge in [0.1, 0.15) is 5.52 Å². The number of aromatic nitrogens is 4. The number of fused-ring (bicyclic) bond motifs is 3. The Morgan fingerprint density at radius 2 is 2.07 bits per heavy atom. The zero-order chi connectivity index (χ0) is 10.3. The van der Waals surface area contributed by atoms with E-state index in [1.165, 1.54) is 6.07 Å². The topological polar surface area (TPSA) is 71.5 Å². The van der Waals surface area contributed by atoms with Crippen LogP contribution >= 0.6 is 0 Å². The molecule has 2 aromatic heterocycles. The largest absolute Gasteiger partial charge is 0.272 e. The average molecular weight is 198 g/mol. The summed E-state index contributed by atoms with van der Waals surface area (Å²) in [6.45, 7) is 0. The third-order valence-electron chi connectivity index (χ3n) is 2.26. The predicted molar refractivity (Wildman–Crippen MR) is 55.5 cm³/mol. The summed E-state index contributed by atoms with van der Waals surface area (Å²) >= 11 is 0. The molecule has 3 aromatic rings. The Balaban J connectivity index is 2.74. The Bertz CT molecular complexity index is 704. The summed E-state index contributed by atoms with van der Waals surface area (Å²) in [5, 5.41) is 11.9. The molecule has 0 spiro atoms. The third-order valence-corrected chi connectivity index (χ3v) is 2.26. The molecule has 15 heavy (non-hydrogen) atoms. The standard InChI is InChI=1S/C10H6N4O/c15-8-5-6-3-1-2-4-7(6)9-10(11-8)13-14-12-9/h1-5H,(H,11,12,13,15). The van der Waals surface area contributed by atoms with Gasteiger partial charge in [0.2, 0.25) is 5.65 Å². The number of aromatic amines is 1. The number of benzene rings is 1. The first kappa shape index (κ1) is 8.05. The van der Waals surface area contributed by atoms with Crippen LogP contribution in [0.15, 0.2) is 35.1 Å². The van der Waals surface area contributed by atoms with Crippen molar-refractivity contribution in [2.24, 2.45) is 0 Å². The van der Waals surface area contributed by atoms with Crippen LogP contribution in [0.4, 0.5) is 0 Å². The molecule has 3 rings (SSSR count). The minimum absolute atomic E-state index is 0.310. The third kappa shape index (κ3) is 1.17. The van der Waals surface area contributed by atoms with Crippen LogP contribution in [0.5, 0.6) is 0 Å². The van der Waals surface area contributed by atoms with E-state index in [1.807, 2.05) is 24.3 Å². The van der Waals surface area contributed by atoms with Crippen molar-refractivity contribution in [3.8, 4) is 0 Å². The van der Waals surface area contributed by atoms with Crippen molar-refractivity contribution in [3.63, 3.8) is 0 Å². The SMILES string of the molecule is O=c1cc2ccccc2c2[nH]nnc2n1. The highest BCUT2D eigenvalue weighted by molar-refractivity contribution is 6.00. The molecule has 0 fully saturated rings. The van der Waals surface area contributed by atoms with Crippen LogP contribution in [0.25, 0.3) is 21.9 Å². The zero-order valence-corrected chi connectivity index (χ0v) is 7.64. The van der Waals surface area contributed by atoms with Crippen molar-refractivity contribution in [2.75, 3.05) is 0 Å². The fourth-order valence-corrected chi connectivity index (χ4v) is 1.60. The van der Waals surface area contributed by atoms with Gasteiger partial charge in [-0.3, -0.25) is 9.89 Å². The highest BCUT2D eigenvalue weighted by Crippen LogP contribution is 2.16. The van der Waals surface area contributed by atoms with E-state index < -0.39 is 0 Å². The summed E-state index contributed by atoms with van der Waals surface area (Å²) in [6, 6.07) is 9.02. The van der Waals surface area contributed by atoms with Crippen molar-refractivity contribution in [3.05, 3.63) is 40.7 Å². The Morgan fingerprint density at radius 1 is 1.20 bits per heavy atom. The Kier molecular flexibility index (Phi) is 1.53. The molecule has 0 saturated carbocycles. The minimum atomic E-state index is -0.310. The van der Waals surface area contributed by atoms with Gasteiger partial charge in [-0.2, -0.15) is 4.98 Å². The molecule has 0 unspecified atom stereocenters. The van der Waals surface area contributed by atoms with Crippen molar-refractivity contribution < 1.29 is 0 Å². The van der Waals surface area contributed by atoms with Gasteiger partial charge in [0.05, 0.1) is 0 Å². The van der Waals surface area contributed by atoms with Crippen LogP contribution in [-0.2, 0) is 0 Å². The van der Waals surface area contributed by atoms with Gasteiger partial charge in [0.15, 0.2) is 0 Å². The molecule has 1 N–H and O–H groups in total. The lowest BCUT2D eigenvalue weighted by Gasteiger charge is -1.89. The smallest absolute Gasteiger partial charge is 0.267 e. The van der Waals surface area contributed by atoms with E-state index in [0.717, 1.165) is 10.8 Å². The number of hydrogen-bond acceptors (Lipinski definition) is 4. The number of nitrogens with one attached hydrogen (secondary N) is 1. The molecule has 2 heterocycles. The molecule has 0 radical (unpaired) electrons. The fraction of sp³-hybridized carbons (Fsp3) is 0. The molecule has 0 aliphatic carbocycles. The van der Waals surface area contributed by atoms with E-state index in [-0.39, 0.29) is 5.56 Å². The van der Waals surface area contributed by atoms with Gasteiger partial charge in [0.25, 0.3) is 5.56 Å². The lowest BCUT2D eigenvalue weighted by atomic mass is 10.2. The molecule has 0 amide bonds. The summed E-state index contributed by atoms with van der Waals surface area (Å²) in [7, 11) is 0. The fourth-order valence-electron chi connectivity index (χ4n) is 1.60. The normalized spacial score (nSPS) is 10.9. The molecular formula is C10H6N4O. The first-order chi connectivity index (χ1) is 7.34. The van der Waals surface area contributed by atoms with Crippen LogP contribution in [-0.4, -0.2) is 20.4 Å². The first-order valence-electron chi connectivity index (χ1n) is 4.45. The van der Waals surface area contributed by atoms with Gasteiger partial charge in [-0.25, -0.2) is 0 Å². The van der Waals surface area contributed by atoms with Gasteiger partial charge in [-0.15, -0.1) is 5.10 Å². The number of nitrogens with zero attached hydrogens (tertiary/aromatic N) is 3. The molecule has 72 valence electrons. The molecule has 1 aromatic carbocycles. The zero-order valence-electron chi connectivity index (χ0n) is 7.64.